The van der Waals surface area contributed by atoms with Crippen molar-refractivity contribution in [1.82, 2.24) is 0 Å². The van der Waals surface area contributed by atoms with E-state index in [0.29, 0.717) is 18.0 Å². The summed E-state index contributed by atoms with van der Waals surface area (Å²) in [6.45, 7) is 5.85. The Morgan fingerprint density at radius 1 is 1.45 bits per heavy atom. The Morgan fingerprint density at radius 3 is 2.60 bits per heavy atom. The molecule has 1 atom stereocenters. The molecule has 1 aliphatic heterocycles. The number of primary sulfonamides is 1. The second-order valence-electron chi connectivity index (χ2n) is 5.20. The molecule has 1 aromatic carbocycles. The molecule has 2 N–H and O–H groups in total. The molecule has 1 amide bonds. The van der Waals surface area contributed by atoms with Crippen LogP contribution in [0.5, 0.6) is 5.75 Å². The maximum absolute atomic E-state index is 11.8. The molecule has 0 spiro atoms. The third-order valence-electron chi connectivity index (χ3n) is 3.31. The lowest BCUT2D eigenvalue weighted by molar-refractivity contribution is -0.117. The average Bonchev–Trinajstić information content (AvgIpc) is 2.35. The molecule has 1 unspecified atom stereocenters. The van der Waals surface area contributed by atoms with Gasteiger partial charge in [0.2, 0.25) is 15.9 Å². The lowest BCUT2D eigenvalue weighted by Crippen LogP contribution is -2.45. The summed E-state index contributed by atoms with van der Waals surface area (Å²) in [5.41, 5.74) is 0.445. The second-order valence-corrected chi connectivity index (χ2v) is 6.77. The van der Waals surface area contributed by atoms with E-state index in [1.807, 2.05) is 13.8 Å². The molecule has 2 rings (SSSR count). The van der Waals surface area contributed by atoms with Crippen LogP contribution in [-0.2, 0) is 14.8 Å². The van der Waals surface area contributed by atoms with Crippen LogP contribution in [0.25, 0.3) is 0 Å². The van der Waals surface area contributed by atoms with Crippen molar-refractivity contribution in [2.24, 2.45) is 11.1 Å². The molecular formula is C13H18N2O4S. The van der Waals surface area contributed by atoms with Crippen LogP contribution in [0.15, 0.2) is 23.1 Å². The minimum atomic E-state index is -3.81. The van der Waals surface area contributed by atoms with Gasteiger partial charge in [0.15, 0.2) is 0 Å². The molecule has 0 saturated heterocycles. The zero-order valence-corrected chi connectivity index (χ0v) is 12.5. The molecule has 1 heterocycles. The van der Waals surface area contributed by atoms with Gasteiger partial charge in [-0.05, 0) is 24.1 Å². The third kappa shape index (κ3) is 2.78. The first-order valence-electron chi connectivity index (χ1n) is 6.31. The number of rotatable bonds is 2. The number of anilines is 1. The zero-order valence-electron chi connectivity index (χ0n) is 11.7. The molecule has 0 bridgehead atoms. The minimum absolute atomic E-state index is 0.0332. The van der Waals surface area contributed by atoms with Gasteiger partial charge in [0.25, 0.3) is 0 Å². The van der Waals surface area contributed by atoms with Gasteiger partial charge in [-0.1, -0.05) is 13.8 Å². The van der Waals surface area contributed by atoms with Gasteiger partial charge in [0.1, 0.15) is 11.9 Å². The van der Waals surface area contributed by atoms with Crippen LogP contribution in [0.2, 0.25) is 0 Å². The zero-order chi connectivity index (χ0) is 15.1. The molecule has 0 aliphatic carbocycles. The Hall–Kier alpha value is -1.60. The van der Waals surface area contributed by atoms with Crippen LogP contribution < -0.4 is 14.8 Å². The Bertz CT molecular complexity index is 640. The summed E-state index contributed by atoms with van der Waals surface area (Å²) in [6, 6.07) is 4.30. The fourth-order valence-corrected chi connectivity index (χ4v) is 2.64. The van der Waals surface area contributed by atoms with Gasteiger partial charge in [-0.25, -0.2) is 13.6 Å². The van der Waals surface area contributed by atoms with E-state index in [1.54, 1.807) is 6.07 Å². The van der Waals surface area contributed by atoms with Crippen LogP contribution in [0.3, 0.4) is 0 Å². The van der Waals surface area contributed by atoms with Gasteiger partial charge in [0, 0.05) is 6.92 Å². The summed E-state index contributed by atoms with van der Waals surface area (Å²) < 4.78 is 28.6. The van der Waals surface area contributed by atoms with Crippen LogP contribution in [-0.4, -0.2) is 27.0 Å². The fraction of sp³-hybridized carbons (Fsp3) is 0.462. The number of carbonyl (C=O) groups is 1. The van der Waals surface area contributed by atoms with E-state index < -0.39 is 10.0 Å². The van der Waals surface area contributed by atoms with Crippen LogP contribution >= 0.6 is 0 Å². The molecule has 0 saturated carbocycles. The largest absolute Gasteiger partial charge is 0.486 e. The van der Waals surface area contributed by atoms with Crippen LogP contribution in [0.1, 0.15) is 20.8 Å². The van der Waals surface area contributed by atoms with Gasteiger partial charge in [-0.2, -0.15) is 0 Å². The molecule has 0 aromatic heterocycles. The lowest BCUT2D eigenvalue weighted by atomic mass is 10.0. The number of carbonyl (C=O) groups excluding carboxylic acids is 1. The predicted molar refractivity (Wildman–Crippen MR) is 75.1 cm³/mol. The van der Waals surface area contributed by atoms with E-state index in [-0.39, 0.29) is 22.8 Å². The molecule has 6 nitrogen and oxygen atoms in total. The Kier molecular flexibility index (Phi) is 3.75. The smallest absolute Gasteiger partial charge is 0.238 e. The average molecular weight is 298 g/mol. The van der Waals surface area contributed by atoms with E-state index in [9.17, 15) is 13.2 Å². The SMILES string of the molecule is CC(=O)N1CC(C(C)C)Oc2ccc(S(N)(=O)=O)cc21. The van der Waals surface area contributed by atoms with Crippen LogP contribution in [0, 0.1) is 5.92 Å². The standard InChI is InChI=1S/C13H18N2O4S/c1-8(2)13-7-15(9(3)16)11-6-10(20(14,17)18)4-5-12(11)19-13/h4-6,8,13H,7H2,1-3H3,(H2,14,17,18). The van der Waals surface area contributed by atoms with Crippen LogP contribution in [0.4, 0.5) is 5.69 Å². The van der Waals surface area contributed by atoms with Gasteiger partial charge in [0.05, 0.1) is 17.1 Å². The number of nitrogens with two attached hydrogens (primary N) is 1. The van der Waals surface area contributed by atoms with Crippen molar-refractivity contribution < 1.29 is 17.9 Å². The number of ether oxygens (including phenoxy) is 1. The van der Waals surface area contributed by atoms with E-state index in [1.165, 1.54) is 24.0 Å². The first-order valence-corrected chi connectivity index (χ1v) is 7.86. The van der Waals surface area contributed by atoms with Crippen molar-refractivity contribution in [3.63, 3.8) is 0 Å². The van der Waals surface area contributed by atoms with Gasteiger partial charge in [-0.3, -0.25) is 4.79 Å². The maximum Gasteiger partial charge on any atom is 0.238 e. The summed E-state index contributed by atoms with van der Waals surface area (Å²) in [4.78, 5) is 13.3. The van der Waals surface area contributed by atoms with Gasteiger partial charge in [-0.15, -0.1) is 0 Å². The summed E-state index contributed by atoms with van der Waals surface area (Å²) in [6.07, 6.45) is -0.119. The molecule has 1 aromatic rings. The quantitative estimate of drug-likeness (QED) is 0.885. The van der Waals surface area contributed by atoms with Crippen molar-refractivity contribution in [3.8, 4) is 5.75 Å². The fourth-order valence-electron chi connectivity index (χ4n) is 2.11. The van der Waals surface area contributed by atoms with Crippen molar-refractivity contribution in [3.05, 3.63) is 18.2 Å². The normalized spacial score (nSPS) is 18.6. The lowest BCUT2D eigenvalue weighted by Gasteiger charge is -2.36. The monoisotopic (exact) mass is 298 g/mol. The third-order valence-corrected chi connectivity index (χ3v) is 4.23. The van der Waals surface area contributed by atoms with Gasteiger partial charge >= 0.3 is 0 Å². The van der Waals surface area contributed by atoms with E-state index >= 15 is 0 Å². The minimum Gasteiger partial charge on any atom is -0.486 e. The van der Waals surface area contributed by atoms with E-state index in [4.69, 9.17) is 9.88 Å². The molecular weight excluding hydrogens is 280 g/mol. The molecule has 0 radical (unpaired) electrons. The first kappa shape index (κ1) is 14.8. The molecule has 0 fully saturated rings. The maximum atomic E-state index is 11.8. The number of sulfonamides is 1. The topological polar surface area (TPSA) is 89.7 Å². The Labute approximate surface area is 118 Å². The number of benzene rings is 1. The summed E-state index contributed by atoms with van der Waals surface area (Å²) >= 11 is 0. The van der Waals surface area contributed by atoms with Crippen molar-refractivity contribution in [2.45, 2.75) is 31.8 Å². The molecule has 7 heteroatoms. The van der Waals surface area contributed by atoms with Crippen molar-refractivity contribution in [2.75, 3.05) is 11.4 Å². The number of hydrogen-bond acceptors (Lipinski definition) is 4. The van der Waals surface area contributed by atoms with E-state index in [0.717, 1.165) is 0 Å². The summed E-state index contributed by atoms with van der Waals surface area (Å²) in [5, 5.41) is 5.11. The van der Waals surface area contributed by atoms with E-state index in [2.05, 4.69) is 0 Å². The molecule has 110 valence electrons. The van der Waals surface area contributed by atoms with Crippen molar-refractivity contribution in [1.29, 1.82) is 0 Å². The first-order chi connectivity index (χ1) is 9.20. The highest BCUT2D eigenvalue weighted by Crippen LogP contribution is 2.36. The van der Waals surface area contributed by atoms with Gasteiger partial charge < -0.3 is 9.64 Å². The number of nitrogens with zero attached hydrogens (tertiary/aromatic N) is 1. The summed E-state index contributed by atoms with van der Waals surface area (Å²) in [5.74, 6) is 0.576. The highest BCUT2D eigenvalue weighted by Gasteiger charge is 2.30. The number of amides is 1. The molecule has 20 heavy (non-hydrogen) atoms. The number of hydrogen-bond donors (Lipinski definition) is 1. The summed E-state index contributed by atoms with van der Waals surface area (Å²) in [7, 11) is -3.81. The predicted octanol–water partition coefficient (Wildman–Crippen LogP) is 1.10. The highest BCUT2D eigenvalue weighted by atomic mass is 32.2. The molecule has 1 aliphatic rings. The number of fused-ring (bicyclic) bond motifs is 1. The van der Waals surface area contributed by atoms with Crippen molar-refractivity contribution >= 4 is 21.6 Å². The highest BCUT2D eigenvalue weighted by molar-refractivity contribution is 7.89. The Balaban J connectivity index is 2.52. The Morgan fingerprint density at radius 2 is 2.10 bits per heavy atom. The second kappa shape index (κ2) is 5.06.